The predicted molar refractivity (Wildman–Crippen MR) is 81.4 cm³/mol. The van der Waals surface area contributed by atoms with Crippen molar-refractivity contribution in [3.8, 4) is 0 Å². The van der Waals surface area contributed by atoms with Crippen LogP contribution in [0.1, 0.15) is 5.56 Å². The van der Waals surface area contributed by atoms with Crippen molar-refractivity contribution in [1.29, 1.82) is 0 Å². The fraction of sp³-hybridized carbons (Fsp3) is 0.286. The second-order valence-corrected chi connectivity index (χ2v) is 4.92. The number of nitrogens with zero attached hydrogens (tertiary/aromatic N) is 3. The molecule has 0 aliphatic carbocycles. The van der Waals surface area contributed by atoms with E-state index in [-0.39, 0.29) is 5.56 Å². The molecule has 20 heavy (non-hydrogen) atoms. The van der Waals surface area contributed by atoms with Gasteiger partial charge in [-0.15, -0.1) is 0 Å². The second kappa shape index (κ2) is 6.54. The van der Waals surface area contributed by atoms with Gasteiger partial charge in [0.15, 0.2) is 0 Å². The van der Waals surface area contributed by atoms with Crippen molar-refractivity contribution in [3.05, 3.63) is 57.5 Å². The molecule has 0 aliphatic heterocycles. The van der Waals surface area contributed by atoms with Gasteiger partial charge in [-0.05, 0) is 11.6 Å². The molecule has 1 heterocycles. The molecule has 1 aromatic carbocycles. The lowest BCUT2D eigenvalue weighted by atomic mass is 10.2. The summed E-state index contributed by atoms with van der Waals surface area (Å²) in [4.78, 5) is 14.0. The Kier molecular flexibility index (Phi) is 4.76. The Morgan fingerprint density at radius 2 is 2.15 bits per heavy atom. The molecule has 0 unspecified atom stereocenters. The zero-order chi connectivity index (χ0) is 14.5. The molecular weight excluding hydrogens is 276 g/mol. The predicted octanol–water partition coefficient (Wildman–Crippen LogP) is 1.34. The van der Waals surface area contributed by atoms with Crippen LogP contribution < -0.4 is 16.2 Å². The third kappa shape index (κ3) is 3.37. The van der Waals surface area contributed by atoms with Crippen LogP contribution in [0.3, 0.4) is 0 Å². The summed E-state index contributed by atoms with van der Waals surface area (Å²) in [5.41, 5.74) is 6.96. The van der Waals surface area contributed by atoms with Crippen LogP contribution in [0.4, 0.5) is 5.69 Å². The molecule has 0 bridgehead atoms. The summed E-state index contributed by atoms with van der Waals surface area (Å²) in [5.74, 6) is 0. The quantitative estimate of drug-likeness (QED) is 0.903. The van der Waals surface area contributed by atoms with E-state index in [4.69, 9.17) is 17.3 Å². The topological polar surface area (TPSA) is 64.2 Å². The molecule has 106 valence electrons. The lowest BCUT2D eigenvalue weighted by molar-refractivity contribution is 0.637. The van der Waals surface area contributed by atoms with Crippen LogP contribution >= 0.6 is 11.6 Å². The highest BCUT2D eigenvalue weighted by molar-refractivity contribution is 6.31. The third-order valence-corrected chi connectivity index (χ3v) is 3.41. The molecule has 0 amide bonds. The third-order valence-electron chi connectivity index (χ3n) is 3.04. The number of nitrogens with two attached hydrogens (primary N) is 1. The van der Waals surface area contributed by atoms with Crippen molar-refractivity contribution in [2.24, 2.45) is 5.73 Å². The molecule has 2 N–H and O–H groups in total. The molecule has 6 heteroatoms. The average molecular weight is 293 g/mol. The van der Waals surface area contributed by atoms with Gasteiger partial charge in [-0.2, -0.15) is 5.10 Å². The first-order chi connectivity index (χ1) is 9.61. The maximum Gasteiger partial charge on any atom is 0.269 e. The minimum atomic E-state index is -0.161. The molecular formula is C14H17ClN4O. The lowest BCUT2D eigenvalue weighted by Crippen LogP contribution is -2.29. The molecule has 0 aliphatic rings. The van der Waals surface area contributed by atoms with Crippen LogP contribution in [-0.4, -0.2) is 29.9 Å². The number of hydrogen-bond acceptors (Lipinski definition) is 4. The molecule has 0 atom stereocenters. The molecule has 5 nitrogen and oxygen atoms in total. The molecule has 2 aromatic rings. The SMILES string of the molecule is CN(CCN)c1cnn(Cc2ccccc2Cl)c(=O)c1. The van der Waals surface area contributed by atoms with Crippen LogP contribution in [0, 0.1) is 0 Å². The monoisotopic (exact) mass is 292 g/mol. The number of halogens is 1. The molecule has 0 fully saturated rings. The van der Waals surface area contributed by atoms with E-state index >= 15 is 0 Å². The van der Waals surface area contributed by atoms with E-state index in [1.807, 2.05) is 30.1 Å². The second-order valence-electron chi connectivity index (χ2n) is 4.51. The zero-order valence-corrected chi connectivity index (χ0v) is 12.0. The van der Waals surface area contributed by atoms with Crippen molar-refractivity contribution < 1.29 is 0 Å². The van der Waals surface area contributed by atoms with E-state index in [9.17, 15) is 4.79 Å². The van der Waals surface area contributed by atoms with Gasteiger partial charge < -0.3 is 10.6 Å². The van der Waals surface area contributed by atoms with Gasteiger partial charge in [-0.1, -0.05) is 29.8 Å². The Morgan fingerprint density at radius 1 is 1.40 bits per heavy atom. The van der Waals surface area contributed by atoms with Crippen molar-refractivity contribution in [1.82, 2.24) is 9.78 Å². The first kappa shape index (κ1) is 14.6. The number of benzene rings is 1. The number of hydrogen-bond donors (Lipinski definition) is 1. The average Bonchev–Trinajstić information content (AvgIpc) is 2.43. The summed E-state index contributed by atoms with van der Waals surface area (Å²) in [7, 11) is 1.88. The van der Waals surface area contributed by atoms with Crippen LogP contribution in [0.25, 0.3) is 0 Å². The van der Waals surface area contributed by atoms with E-state index < -0.39 is 0 Å². The number of rotatable bonds is 5. The summed E-state index contributed by atoms with van der Waals surface area (Å²) in [6.07, 6.45) is 1.66. The van der Waals surface area contributed by atoms with Gasteiger partial charge in [0.25, 0.3) is 5.56 Å². The van der Waals surface area contributed by atoms with Crippen LogP contribution in [0.15, 0.2) is 41.3 Å². The molecule has 0 spiro atoms. The van der Waals surface area contributed by atoms with Crippen molar-refractivity contribution in [3.63, 3.8) is 0 Å². The zero-order valence-electron chi connectivity index (χ0n) is 11.3. The first-order valence-corrected chi connectivity index (χ1v) is 6.71. The Morgan fingerprint density at radius 3 is 2.80 bits per heavy atom. The Hall–Kier alpha value is -1.85. The van der Waals surface area contributed by atoms with E-state index in [0.717, 1.165) is 11.3 Å². The Labute approximate surface area is 122 Å². The van der Waals surface area contributed by atoms with Gasteiger partial charge in [-0.3, -0.25) is 4.79 Å². The first-order valence-electron chi connectivity index (χ1n) is 6.33. The standard InChI is InChI=1S/C14H17ClN4O/c1-18(7-6-16)12-8-14(20)19(17-9-12)10-11-4-2-3-5-13(11)15/h2-5,8-9H,6-7,10,16H2,1H3. The lowest BCUT2D eigenvalue weighted by Gasteiger charge is -2.17. The van der Waals surface area contributed by atoms with Crippen LogP contribution in [0.2, 0.25) is 5.02 Å². The molecule has 0 radical (unpaired) electrons. The van der Waals surface area contributed by atoms with Gasteiger partial charge in [0.05, 0.1) is 18.4 Å². The summed E-state index contributed by atoms with van der Waals surface area (Å²) in [5, 5.41) is 4.81. The van der Waals surface area contributed by atoms with E-state index in [0.29, 0.717) is 24.7 Å². The number of anilines is 1. The maximum atomic E-state index is 12.1. The smallest absolute Gasteiger partial charge is 0.269 e. The maximum absolute atomic E-state index is 12.1. The highest BCUT2D eigenvalue weighted by Gasteiger charge is 2.06. The van der Waals surface area contributed by atoms with Gasteiger partial charge >= 0.3 is 0 Å². The molecule has 0 saturated heterocycles. The molecule has 0 saturated carbocycles. The number of aromatic nitrogens is 2. The fourth-order valence-corrected chi connectivity index (χ4v) is 2.06. The molecule has 2 rings (SSSR count). The van der Waals surface area contributed by atoms with Crippen LogP contribution in [0.5, 0.6) is 0 Å². The van der Waals surface area contributed by atoms with Crippen molar-refractivity contribution in [2.75, 3.05) is 25.0 Å². The van der Waals surface area contributed by atoms with Gasteiger partial charge in [0, 0.05) is 31.2 Å². The van der Waals surface area contributed by atoms with Crippen LogP contribution in [-0.2, 0) is 6.54 Å². The minimum Gasteiger partial charge on any atom is -0.372 e. The Bertz CT molecular complexity index is 641. The molecule has 1 aromatic heterocycles. The fourth-order valence-electron chi connectivity index (χ4n) is 1.86. The minimum absolute atomic E-state index is 0.161. The van der Waals surface area contributed by atoms with E-state index in [1.165, 1.54) is 4.68 Å². The number of likely N-dealkylation sites (N-methyl/N-ethyl adjacent to an activating group) is 1. The largest absolute Gasteiger partial charge is 0.372 e. The van der Waals surface area contributed by atoms with E-state index in [1.54, 1.807) is 18.3 Å². The highest BCUT2D eigenvalue weighted by Crippen LogP contribution is 2.15. The summed E-state index contributed by atoms with van der Waals surface area (Å²) in [6, 6.07) is 8.97. The summed E-state index contributed by atoms with van der Waals surface area (Å²) < 4.78 is 1.39. The van der Waals surface area contributed by atoms with Gasteiger partial charge in [0.1, 0.15) is 0 Å². The van der Waals surface area contributed by atoms with Gasteiger partial charge in [-0.25, -0.2) is 4.68 Å². The Balaban J connectivity index is 2.23. The van der Waals surface area contributed by atoms with Gasteiger partial charge in [0.2, 0.25) is 0 Å². The van der Waals surface area contributed by atoms with Crippen molar-refractivity contribution in [2.45, 2.75) is 6.54 Å². The summed E-state index contributed by atoms with van der Waals surface area (Å²) >= 11 is 6.08. The van der Waals surface area contributed by atoms with Crippen molar-refractivity contribution >= 4 is 17.3 Å². The summed E-state index contributed by atoms with van der Waals surface area (Å²) in [6.45, 7) is 1.56. The highest BCUT2D eigenvalue weighted by atomic mass is 35.5. The normalized spacial score (nSPS) is 10.6. The van der Waals surface area contributed by atoms with E-state index in [2.05, 4.69) is 5.10 Å².